The number of allylic oxidation sites excluding steroid dienone is 1. The second-order valence-electron chi connectivity index (χ2n) is 3.10. The fourth-order valence-electron chi connectivity index (χ4n) is 1.26. The topological polar surface area (TPSA) is 17.1 Å². The van der Waals surface area contributed by atoms with Gasteiger partial charge in [0.1, 0.15) is 6.29 Å². The molecule has 16 heavy (non-hydrogen) atoms. The molecule has 0 fully saturated rings. The van der Waals surface area contributed by atoms with Gasteiger partial charge in [-0.05, 0) is 17.2 Å². The van der Waals surface area contributed by atoms with Gasteiger partial charge in [-0.1, -0.05) is 67.2 Å². The minimum absolute atomic E-state index is 0.639. The zero-order valence-electron chi connectivity index (χ0n) is 9.04. The molecule has 0 bridgehead atoms. The molecule has 2 aromatic carbocycles. The standard InChI is InChI=1S/C12H10.C3H4O/c1-3-7-11(8-4-1)12-9-5-2-6-10-12;1-2-3-4/h1-10H;2-3H,1H2. The Morgan fingerprint density at radius 3 is 1.31 bits per heavy atom. The predicted octanol–water partition coefficient (Wildman–Crippen LogP) is 3.72. The summed E-state index contributed by atoms with van der Waals surface area (Å²) in [6.45, 7) is 3.11. The average Bonchev–Trinajstić information content (AvgIpc) is 2.41. The van der Waals surface area contributed by atoms with Gasteiger partial charge in [0, 0.05) is 0 Å². The molecule has 0 radical (unpaired) electrons. The number of aldehydes is 1. The average molecular weight is 210 g/mol. The van der Waals surface area contributed by atoms with E-state index in [-0.39, 0.29) is 0 Å². The van der Waals surface area contributed by atoms with Crippen LogP contribution in [0.3, 0.4) is 0 Å². The molecule has 0 atom stereocenters. The number of carbonyl (C=O) groups excluding carboxylic acids is 1. The van der Waals surface area contributed by atoms with Crippen LogP contribution in [-0.2, 0) is 4.79 Å². The molecule has 0 saturated carbocycles. The summed E-state index contributed by atoms with van der Waals surface area (Å²) in [4.78, 5) is 9.06. The molecule has 80 valence electrons. The van der Waals surface area contributed by atoms with E-state index in [1.54, 1.807) is 0 Å². The third-order valence-corrected chi connectivity index (χ3v) is 1.98. The number of carbonyl (C=O) groups is 1. The van der Waals surface area contributed by atoms with Crippen molar-refractivity contribution in [3.8, 4) is 11.1 Å². The Kier molecular flexibility index (Phi) is 5.35. The molecular formula is C15H14O. The molecule has 0 amide bonds. The molecule has 0 spiro atoms. The largest absolute Gasteiger partial charge is 0.299 e. The van der Waals surface area contributed by atoms with E-state index in [1.165, 1.54) is 17.2 Å². The maximum absolute atomic E-state index is 9.06. The van der Waals surface area contributed by atoms with Gasteiger partial charge in [0.25, 0.3) is 0 Å². The van der Waals surface area contributed by atoms with Crippen LogP contribution in [0.15, 0.2) is 73.3 Å². The summed E-state index contributed by atoms with van der Waals surface area (Å²) in [6, 6.07) is 20.8. The fourth-order valence-corrected chi connectivity index (χ4v) is 1.26. The molecule has 1 heteroatoms. The summed E-state index contributed by atoms with van der Waals surface area (Å²) in [5, 5.41) is 0. The van der Waals surface area contributed by atoms with Gasteiger partial charge >= 0.3 is 0 Å². The maximum Gasteiger partial charge on any atom is 0.142 e. The Labute approximate surface area is 96.1 Å². The SMILES string of the molecule is C=CC=O.c1ccc(-c2ccccc2)cc1. The monoisotopic (exact) mass is 210 g/mol. The first-order valence-electron chi connectivity index (χ1n) is 5.05. The van der Waals surface area contributed by atoms with E-state index in [9.17, 15) is 0 Å². The Balaban J connectivity index is 0.000000280. The number of hydrogen-bond acceptors (Lipinski definition) is 1. The normalized spacial score (nSPS) is 8.50. The third kappa shape index (κ3) is 3.93. The second kappa shape index (κ2) is 7.18. The van der Waals surface area contributed by atoms with Gasteiger partial charge in [0.2, 0.25) is 0 Å². The van der Waals surface area contributed by atoms with Gasteiger partial charge in [-0.25, -0.2) is 0 Å². The summed E-state index contributed by atoms with van der Waals surface area (Å²) in [7, 11) is 0. The first-order chi connectivity index (χ1) is 7.88. The fraction of sp³-hybridized carbons (Fsp3) is 0. The zero-order chi connectivity index (χ0) is 11.6. The zero-order valence-corrected chi connectivity index (χ0v) is 9.04. The second-order valence-corrected chi connectivity index (χ2v) is 3.10. The highest BCUT2D eigenvalue weighted by Crippen LogP contribution is 2.17. The van der Waals surface area contributed by atoms with Crippen molar-refractivity contribution in [3.63, 3.8) is 0 Å². The lowest BCUT2D eigenvalue weighted by Gasteiger charge is -1.98. The molecule has 1 nitrogen and oxygen atoms in total. The van der Waals surface area contributed by atoms with Crippen LogP contribution in [0.4, 0.5) is 0 Å². The molecule has 0 aliphatic rings. The molecule has 0 aliphatic heterocycles. The number of rotatable bonds is 2. The Bertz CT molecular complexity index is 374. The minimum Gasteiger partial charge on any atom is -0.299 e. The van der Waals surface area contributed by atoms with E-state index in [0.29, 0.717) is 6.29 Å². The van der Waals surface area contributed by atoms with Gasteiger partial charge in [0.05, 0.1) is 0 Å². The lowest BCUT2D eigenvalue weighted by molar-refractivity contribution is -0.104. The highest BCUT2D eigenvalue weighted by molar-refractivity contribution is 5.63. The minimum atomic E-state index is 0.639. The smallest absolute Gasteiger partial charge is 0.142 e. The van der Waals surface area contributed by atoms with E-state index >= 15 is 0 Å². The summed E-state index contributed by atoms with van der Waals surface area (Å²) >= 11 is 0. The number of benzene rings is 2. The van der Waals surface area contributed by atoms with Gasteiger partial charge in [-0.2, -0.15) is 0 Å². The Hall–Kier alpha value is -2.15. The van der Waals surface area contributed by atoms with Crippen LogP contribution in [-0.4, -0.2) is 6.29 Å². The van der Waals surface area contributed by atoms with Crippen LogP contribution in [0.5, 0.6) is 0 Å². The van der Waals surface area contributed by atoms with E-state index in [4.69, 9.17) is 4.79 Å². The van der Waals surface area contributed by atoms with Gasteiger partial charge < -0.3 is 0 Å². The van der Waals surface area contributed by atoms with E-state index in [2.05, 4.69) is 55.1 Å². The molecular weight excluding hydrogens is 196 g/mol. The molecule has 0 aliphatic carbocycles. The Morgan fingerprint density at radius 1 is 0.750 bits per heavy atom. The van der Waals surface area contributed by atoms with Crippen molar-refractivity contribution in [2.24, 2.45) is 0 Å². The molecule has 2 aromatic rings. The molecule has 0 N–H and O–H groups in total. The number of hydrogen-bond donors (Lipinski definition) is 0. The van der Waals surface area contributed by atoms with E-state index in [1.807, 2.05) is 12.1 Å². The molecule has 0 aromatic heterocycles. The molecule has 0 unspecified atom stereocenters. The van der Waals surface area contributed by atoms with Crippen LogP contribution in [0.1, 0.15) is 0 Å². The van der Waals surface area contributed by atoms with Crippen molar-refractivity contribution in [1.29, 1.82) is 0 Å². The van der Waals surface area contributed by atoms with Crippen molar-refractivity contribution in [1.82, 2.24) is 0 Å². The molecule has 2 rings (SSSR count). The highest BCUT2D eigenvalue weighted by Gasteiger charge is 1.91. The third-order valence-electron chi connectivity index (χ3n) is 1.98. The summed E-state index contributed by atoms with van der Waals surface area (Å²) in [6.07, 6.45) is 1.83. The van der Waals surface area contributed by atoms with Crippen LogP contribution >= 0.6 is 0 Å². The lowest BCUT2D eigenvalue weighted by atomic mass is 10.1. The van der Waals surface area contributed by atoms with Crippen LogP contribution in [0.25, 0.3) is 11.1 Å². The van der Waals surface area contributed by atoms with E-state index in [0.717, 1.165) is 0 Å². The van der Waals surface area contributed by atoms with Crippen molar-refractivity contribution in [2.75, 3.05) is 0 Å². The van der Waals surface area contributed by atoms with Gasteiger partial charge in [-0.3, -0.25) is 4.79 Å². The van der Waals surface area contributed by atoms with Gasteiger partial charge in [0.15, 0.2) is 0 Å². The maximum atomic E-state index is 9.06. The van der Waals surface area contributed by atoms with Gasteiger partial charge in [-0.15, -0.1) is 0 Å². The van der Waals surface area contributed by atoms with Crippen LogP contribution in [0, 0.1) is 0 Å². The molecule has 0 saturated heterocycles. The highest BCUT2D eigenvalue weighted by atomic mass is 16.1. The Morgan fingerprint density at radius 2 is 1.06 bits per heavy atom. The summed E-state index contributed by atoms with van der Waals surface area (Å²) < 4.78 is 0. The first-order valence-corrected chi connectivity index (χ1v) is 5.05. The van der Waals surface area contributed by atoms with Crippen molar-refractivity contribution in [2.45, 2.75) is 0 Å². The van der Waals surface area contributed by atoms with E-state index < -0.39 is 0 Å². The summed E-state index contributed by atoms with van der Waals surface area (Å²) in [5.41, 5.74) is 2.55. The lowest BCUT2D eigenvalue weighted by Crippen LogP contribution is -1.73. The van der Waals surface area contributed by atoms with Crippen LogP contribution < -0.4 is 0 Å². The molecule has 0 heterocycles. The predicted molar refractivity (Wildman–Crippen MR) is 68.1 cm³/mol. The first kappa shape index (κ1) is 11.9. The summed E-state index contributed by atoms with van der Waals surface area (Å²) in [5.74, 6) is 0. The quantitative estimate of drug-likeness (QED) is 0.545. The van der Waals surface area contributed by atoms with Crippen molar-refractivity contribution in [3.05, 3.63) is 73.3 Å². The van der Waals surface area contributed by atoms with Crippen molar-refractivity contribution < 1.29 is 4.79 Å². The van der Waals surface area contributed by atoms with Crippen molar-refractivity contribution >= 4 is 6.29 Å². The van der Waals surface area contributed by atoms with Crippen LogP contribution in [0.2, 0.25) is 0 Å².